The van der Waals surface area contributed by atoms with Crippen LogP contribution in [0.15, 0.2) is 12.4 Å². The van der Waals surface area contributed by atoms with Crippen molar-refractivity contribution < 1.29 is 4.39 Å². The SMILES string of the molecule is CCc1c(C)nc(C2CC2)nc1N1CCN(c2ncc(F)cn2)CC1. The van der Waals surface area contributed by atoms with E-state index in [9.17, 15) is 4.39 Å². The van der Waals surface area contributed by atoms with Crippen molar-refractivity contribution in [3.8, 4) is 0 Å². The van der Waals surface area contributed by atoms with Gasteiger partial charge in [0.2, 0.25) is 5.95 Å². The molecule has 7 heteroatoms. The second-order valence-electron chi connectivity index (χ2n) is 6.77. The van der Waals surface area contributed by atoms with Crippen molar-refractivity contribution in [1.29, 1.82) is 0 Å². The van der Waals surface area contributed by atoms with Gasteiger partial charge in [-0.25, -0.2) is 24.3 Å². The fraction of sp³-hybridized carbons (Fsp3) is 0.556. The van der Waals surface area contributed by atoms with Crippen LogP contribution in [0.3, 0.4) is 0 Å². The summed E-state index contributed by atoms with van der Waals surface area (Å²) in [5.41, 5.74) is 2.36. The maximum Gasteiger partial charge on any atom is 0.225 e. The van der Waals surface area contributed by atoms with E-state index in [1.54, 1.807) is 0 Å². The molecule has 4 rings (SSSR count). The second kappa shape index (κ2) is 6.54. The van der Waals surface area contributed by atoms with Crippen LogP contribution in [-0.2, 0) is 6.42 Å². The zero-order chi connectivity index (χ0) is 17.4. The lowest BCUT2D eigenvalue weighted by molar-refractivity contribution is 0.600. The molecule has 1 aliphatic heterocycles. The van der Waals surface area contributed by atoms with E-state index in [2.05, 4.69) is 33.6 Å². The molecule has 0 atom stereocenters. The van der Waals surface area contributed by atoms with Crippen molar-refractivity contribution in [3.63, 3.8) is 0 Å². The summed E-state index contributed by atoms with van der Waals surface area (Å²) in [5.74, 6) is 2.84. The maximum absolute atomic E-state index is 13.0. The number of halogens is 1. The third kappa shape index (κ3) is 3.27. The van der Waals surface area contributed by atoms with Crippen LogP contribution in [0.4, 0.5) is 16.2 Å². The monoisotopic (exact) mass is 342 g/mol. The molecule has 2 aliphatic rings. The van der Waals surface area contributed by atoms with E-state index in [1.165, 1.54) is 30.8 Å². The highest BCUT2D eigenvalue weighted by molar-refractivity contribution is 5.51. The molecule has 0 amide bonds. The minimum absolute atomic E-state index is 0.404. The van der Waals surface area contributed by atoms with Crippen molar-refractivity contribution in [2.24, 2.45) is 0 Å². The number of hydrogen-bond acceptors (Lipinski definition) is 6. The molecule has 0 unspecified atom stereocenters. The van der Waals surface area contributed by atoms with Crippen molar-refractivity contribution in [2.45, 2.75) is 39.0 Å². The zero-order valence-electron chi connectivity index (χ0n) is 14.7. The molecule has 2 fully saturated rings. The van der Waals surface area contributed by atoms with Gasteiger partial charge in [-0.05, 0) is 26.2 Å². The van der Waals surface area contributed by atoms with E-state index in [0.29, 0.717) is 11.9 Å². The lowest BCUT2D eigenvalue weighted by Gasteiger charge is -2.36. The van der Waals surface area contributed by atoms with E-state index >= 15 is 0 Å². The smallest absolute Gasteiger partial charge is 0.225 e. The van der Waals surface area contributed by atoms with Crippen LogP contribution < -0.4 is 9.80 Å². The van der Waals surface area contributed by atoms with Crippen LogP contribution in [0.2, 0.25) is 0 Å². The number of aryl methyl sites for hydroxylation is 1. The molecule has 2 aromatic heterocycles. The average Bonchev–Trinajstić information content (AvgIpc) is 3.47. The summed E-state index contributed by atoms with van der Waals surface area (Å²) < 4.78 is 13.0. The van der Waals surface area contributed by atoms with Crippen LogP contribution >= 0.6 is 0 Å². The Balaban J connectivity index is 1.53. The van der Waals surface area contributed by atoms with Crippen molar-refractivity contribution in [3.05, 3.63) is 35.3 Å². The molecule has 2 aromatic rings. The van der Waals surface area contributed by atoms with Crippen LogP contribution in [0, 0.1) is 12.7 Å². The van der Waals surface area contributed by atoms with E-state index in [-0.39, 0.29) is 0 Å². The molecule has 3 heterocycles. The lowest BCUT2D eigenvalue weighted by atomic mass is 10.1. The molecule has 1 aliphatic carbocycles. The molecule has 25 heavy (non-hydrogen) atoms. The standard InChI is InChI=1S/C18H23FN6/c1-3-15-12(2)22-16(13-4-5-13)23-17(15)24-6-8-25(9-7-24)18-20-10-14(19)11-21-18/h10-11,13H,3-9H2,1-2H3. The molecular weight excluding hydrogens is 319 g/mol. The van der Waals surface area contributed by atoms with Crippen molar-refractivity contribution in [2.75, 3.05) is 36.0 Å². The lowest BCUT2D eigenvalue weighted by Crippen LogP contribution is -2.47. The van der Waals surface area contributed by atoms with Gasteiger partial charge in [0.05, 0.1) is 12.4 Å². The van der Waals surface area contributed by atoms with Crippen LogP contribution in [0.5, 0.6) is 0 Å². The first-order valence-electron chi connectivity index (χ1n) is 9.00. The minimum Gasteiger partial charge on any atom is -0.353 e. The number of anilines is 2. The van der Waals surface area contributed by atoms with Gasteiger partial charge in [0.1, 0.15) is 11.6 Å². The van der Waals surface area contributed by atoms with Gasteiger partial charge in [-0.1, -0.05) is 6.92 Å². The fourth-order valence-corrected chi connectivity index (χ4v) is 3.39. The van der Waals surface area contributed by atoms with Gasteiger partial charge in [0.15, 0.2) is 5.82 Å². The summed E-state index contributed by atoms with van der Waals surface area (Å²) in [6, 6.07) is 0. The Morgan fingerprint density at radius 1 is 1.04 bits per heavy atom. The van der Waals surface area contributed by atoms with Gasteiger partial charge in [-0.3, -0.25) is 0 Å². The van der Waals surface area contributed by atoms with Gasteiger partial charge >= 0.3 is 0 Å². The predicted molar refractivity (Wildman–Crippen MR) is 94.5 cm³/mol. The van der Waals surface area contributed by atoms with E-state index in [1.807, 2.05) is 0 Å². The van der Waals surface area contributed by atoms with Gasteiger partial charge in [0.25, 0.3) is 0 Å². The first kappa shape index (κ1) is 16.2. The fourth-order valence-electron chi connectivity index (χ4n) is 3.39. The molecule has 1 saturated heterocycles. The first-order valence-corrected chi connectivity index (χ1v) is 9.00. The molecular formula is C18H23FN6. The van der Waals surface area contributed by atoms with E-state index < -0.39 is 5.82 Å². The third-order valence-corrected chi connectivity index (χ3v) is 4.97. The number of hydrogen-bond donors (Lipinski definition) is 0. The molecule has 0 radical (unpaired) electrons. The molecule has 0 N–H and O–H groups in total. The quantitative estimate of drug-likeness (QED) is 0.851. The topological polar surface area (TPSA) is 58.0 Å². The van der Waals surface area contributed by atoms with E-state index in [0.717, 1.165) is 49.9 Å². The summed E-state index contributed by atoms with van der Waals surface area (Å²) in [4.78, 5) is 22.3. The Bertz CT molecular complexity index is 751. The predicted octanol–water partition coefficient (Wildman–Crippen LogP) is 2.48. The summed E-state index contributed by atoms with van der Waals surface area (Å²) in [7, 11) is 0. The number of rotatable bonds is 4. The van der Waals surface area contributed by atoms with Crippen LogP contribution in [0.1, 0.15) is 42.8 Å². The average molecular weight is 342 g/mol. The highest BCUT2D eigenvalue weighted by atomic mass is 19.1. The number of piperazine rings is 1. The van der Waals surface area contributed by atoms with Gasteiger partial charge in [-0.2, -0.15) is 0 Å². The molecule has 132 valence electrons. The summed E-state index contributed by atoms with van der Waals surface area (Å²) in [6.45, 7) is 7.57. The van der Waals surface area contributed by atoms with Gasteiger partial charge in [0, 0.05) is 43.4 Å². The minimum atomic E-state index is -0.404. The Morgan fingerprint density at radius 3 is 2.28 bits per heavy atom. The first-order chi connectivity index (χ1) is 12.2. The van der Waals surface area contributed by atoms with Crippen LogP contribution in [-0.4, -0.2) is 46.1 Å². The summed E-state index contributed by atoms with van der Waals surface area (Å²) >= 11 is 0. The second-order valence-corrected chi connectivity index (χ2v) is 6.77. The Hall–Kier alpha value is -2.31. The number of nitrogens with zero attached hydrogens (tertiary/aromatic N) is 6. The largest absolute Gasteiger partial charge is 0.353 e. The van der Waals surface area contributed by atoms with Gasteiger partial charge in [-0.15, -0.1) is 0 Å². The molecule has 1 saturated carbocycles. The highest BCUT2D eigenvalue weighted by Gasteiger charge is 2.29. The molecule has 6 nitrogen and oxygen atoms in total. The molecule has 0 spiro atoms. The maximum atomic E-state index is 13.0. The van der Waals surface area contributed by atoms with Gasteiger partial charge < -0.3 is 9.80 Å². The molecule has 0 aromatic carbocycles. The normalized spacial score (nSPS) is 17.9. The zero-order valence-corrected chi connectivity index (χ0v) is 14.7. The van der Waals surface area contributed by atoms with Crippen molar-refractivity contribution >= 4 is 11.8 Å². The van der Waals surface area contributed by atoms with Crippen molar-refractivity contribution in [1.82, 2.24) is 19.9 Å². The highest BCUT2D eigenvalue weighted by Crippen LogP contribution is 2.39. The van der Waals surface area contributed by atoms with E-state index in [4.69, 9.17) is 9.97 Å². The number of aromatic nitrogens is 4. The van der Waals surface area contributed by atoms with Crippen LogP contribution in [0.25, 0.3) is 0 Å². The summed E-state index contributed by atoms with van der Waals surface area (Å²) in [6.07, 6.45) is 5.80. The Kier molecular flexibility index (Phi) is 4.23. The molecule has 0 bridgehead atoms. The third-order valence-electron chi connectivity index (χ3n) is 4.97. The Morgan fingerprint density at radius 2 is 1.68 bits per heavy atom. The Labute approximate surface area is 147 Å². The summed E-state index contributed by atoms with van der Waals surface area (Å²) in [5, 5.41) is 0.